The minimum atomic E-state index is -2.49. The zero-order chi connectivity index (χ0) is 17.9. The Bertz CT molecular complexity index is 637. The van der Waals surface area contributed by atoms with Gasteiger partial charge in [-0.3, -0.25) is 0 Å². The molecule has 2 aliphatic rings. The number of carbonyl (C=O) groups is 1. The number of ether oxygens (including phenoxy) is 2. The lowest BCUT2D eigenvalue weighted by Crippen LogP contribution is -2.43. The van der Waals surface area contributed by atoms with Crippen molar-refractivity contribution in [3.8, 4) is 5.75 Å². The largest absolute Gasteiger partial charge is 0.497 e. The molecule has 0 amide bonds. The van der Waals surface area contributed by atoms with Crippen LogP contribution in [0.4, 0.5) is 8.78 Å². The summed E-state index contributed by atoms with van der Waals surface area (Å²) in [6.07, 6.45) is 3.28. The summed E-state index contributed by atoms with van der Waals surface area (Å²) in [6.45, 7) is -0.116. The molecule has 1 saturated carbocycles. The van der Waals surface area contributed by atoms with E-state index >= 15 is 0 Å². The van der Waals surface area contributed by atoms with Crippen LogP contribution in [0.5, 0.6) is 5.75 Å². The monoisotopic (exact) mass is 351 g/mol. The van der Waals surface area contributed by atoms with Gasteiger partial charge in [0.15, 0.2) is 5.60 Å². The first kappa shape index (κ1) is 17.7. The predicted octanol–water partition coefficient (Wildman–Crippen LogP) is 3.91. The number of nitrogens with zero attached hydrogens (tertiary/aromatic N) is 1. The van der Waals surface area contributed by atoms with Crippen molar-refractivity contribution in [1.29, 1.82) is 0 Å². The molecule has 1 aliphatic heterocycles. The summed E-state index contributed by atoms with van der Waals surface area (Å²) in [4.78, 5) is 13.5. The van der Waals surface area contributed by atoms with E-state index in [9.17, 15) is 13.6 Å². The topological polar surface area (TPSA) is 38.8 Å². The predicted molar refractivity (Wildman–Crippen MR) is 89.4 cm³/mol. The van der Waals surface area contributed by atoms with Crippen LogP contribution in [-0.2, 0) is 16.1 Å². The van der Waals surface area contributed by atoms with Crippen LogP contribution >= 0.6 is 0 Å². The van der Waals surface area contributed by atoms with Crippen LogP contribution in [0.25, 0.3) is 0 Å². The Morgan fingerprint density at radius 1 is 1.20 bits per heavy atom. The number of hydrogen-bond acceptors (Lipinski definition) is 4. The van der Waals surface area contributed by atoms with E-state index in [1.807, 2.05) is 12.1 Å². The molecule has 0 N–H and O–H groups in total. The first-order chi connectivity index (χ1) is 12.0. The molecule has 1 heterocycles. The van der Waals surface area contributed by atoms with E-state index in [0.29, 0.717) is 30.8 Å². The number of methoxy groups -OCH3 is 1. The first-order valence-electron chi connectivity index (χ1n) is 8.63. The molecule has 1 aromatic rings. The van der Waals surface area contributed by atoms with Gasteiger partial charge in [0.1, 0.15) is 5.75 Å². The van der Waals surface area contributed by atoms with Crippen LogP contribution in [0, 0.1) is 0 Å². The highest BCUT2D eigenvalue weighted by atomic mass is 19.3. The fraction of sp³-hybridized carbons (Fsp3) is 0.526. The standard InChI is InChI=1S/C19H23F2NO3/c1-24-15-7-5-14(6-8-15)12-22(13-17(20)21)16-11-18(23)25-19(16)9-3-2-4-10-19/h5-8,11,17H,2-4,9-10,12-13H2,1H3. The maximum absolute atomic E-state index is 13.2. The average Bonchev–Trinajstić information content (AvgIpc) is 2.91. The molecule has 1 spiro atoms. The van der Waals surface area contributed by atoms with Crippen LogP contribution in [0.1, 0.15) is 37.7 Å². The Morgan fingerprint density at radius 3 is 2.48 bits per heavy atom. The molecule has 4 nitrogen and oxygen atoms in total. The first-order valence-corrected chi connectivity index (χ1v) is 8.63. The minimum absolute atomic E-state index is 0.304. The van der Waals surface area contributed by atoms with Gasteiger partial charge < -0.3 is 14.4 Å². The van der Waals surface area contributed by atoms with Gasteiger partial charge in [-0.2, -0.15) is 0 Å². The van der Waals surface area contributed by atoms with E-state index in [2.05, 4.69) is 0 Å². The molecule has 6 heteroatoms. The molecule has 136 valence electrons. The van der Waals surface area contributed by atoms with Gasteiger partial charge in [-0.1, -0.05) is 18.6 Å². The maximum atomic E-state index is 13.2. The van der Waals surface area contributed by atoms with Gasteiger partial charge in [-0.15, -0.1) is 0 Å². The summed E-state index contributed by atoms with van der Waals surface area (Å²) in [7, 11) is 1.58. The Morgan fingerprint density at radius 2 is 1.88 bits per heavy atom. The molecule has 1 aromatic carbocycles. The van der Waals surface area contributed by atoms with Crippen molar-refractivity contribution < 1.29 is 23.0 Å². The Labute approximate surface area is 146 Å². The number of carbonyl (C=O) groups excluding carboxylic acids is 1. The lowest BCUT2D eigenvalue weighted by molar-refractivity contribution is -0.149. The van der Waals surface area contributed by atoms with Crippen molar-refractivity contribution in [1.82, 2.24) is 4.90 Å². The highest BCUT2D eigenvalue weighted by molar-refractivity contribution is 5.86. The van der Waals surface area contributed by atoms with Crippen LogP contribution in [0.3, 0.4) is 0 Å². The van der Waals surface area contributed by atoms with E-state index < -0.39 is 24.5 Å². The maximum Gasteiger partial charge on any atom is 0.333 e. The highest BCUT2D eigenvalue weighted by Gasteiger charge is 2.46. The quantitative estimate of drug-likeness (QED) is 0.729. The van der Waals surface area contributed by atoms with Gasteiger partial charge in [0.2, 0.25) is 0 Å². The lowest BCUT2D eigenvalue weighted by atomic mass is 9.82. The van der Waals surface area contributed by atoms with Gasteiger partial charge in [-0.05, 0) is 43.4 Å². The summed E-state index contributed by atoms with van der Waals surface area (Å²) < 4.78 is 37.1. The van der Waals surface area contributed by atoms with Gasteiger partial charge in [0.25, 0.3) is 6.43 Å². The number of esters is 1. The number of benzene rings is 1. The van der Waals surface area contributed by atoms with Crippen molar-refractivity contribution >= 4 is 5.97 Å². The molecule has 0 unspecified atom stereocenters. The van der Waals surface area contributed by atoms with E-state index in [1.54, 1.807) is 24.1 Å². The Balaban J connectivity index is 1.85. The zero-order valence-electron chi connectivity index (χ0n) is 14.3. The molecular weight excluding hydrogens is 328 g/mol. The molecule has 25 heavy (non-hydrogen) atoms. The van der Waals surface area contributed by atoms with Crippen LogP contribution in [-0.4, -0.2) is 36.6 Å². The normalized spacial score (nSPS) is 19.0. The summed E-state index contributed by atoms with van der Waals surface area (Å²) in [6, 6.07) is 7.31. The van der Waals surface area contributed by atoms with Crippen LogP contribution in [0.15, 0.2) is 36.0 Å². The summed E-state index contributed by atoms with van der Waals surface area (Å²) >= 11 is 0. The molecule has 0 saturated heterocycles. The zero-order valence-corrected chi connectivity index (χ0v) is 14.3. The van der Waals surface area contributed by atoms with E-state index in [1.165, 1.54) is 6.08 Å². The second-order valence-corrected chi connectivity index (χ2v) is 6.63. The van der Waals surface area contributed by atoms with Crippen molar-refractivity contribution in [3.05, 3.63) is 41.6 Å². The third-order valence-corrected chi connectivity index (χ3v) is 4.91. The molecule has 0 radical (unpaired) electrons. The molecule has 1 fully saturated rings. The Kier molecular flexibility index (Phi) is 5.25. The molecule has 0 aromatic heterocycles. The van der Waals surface area contributed by atoms with Gasteiger partial charge in [0.05, 0.1) is 19.4 Å². The lowest BCUT2D eigenvalue weighted by Gasteiger charge is -2.39. The summed E-state index contributed by atoms with van der Waals surface area (Å²) in [5, 5.41) is 0. The minimum Gasteiger partial charge on any atom is -0.497 e. The van der Waals surface area contributed by atoms with E-state index in [4.69, 9.17) is 9.47 Å². The summed E-state index contributed by atoms with van der Waals surface area (Å²) in [5.41, 5.74) is 0.762. The number of rotatable bonds is 6. The number of hydrogen-bond donors (Lipinski definition) is 0. The smallest absolute Gasteiger partial charge is 0.333 e. The Hall–Kier alpha value is -2.11. The molecule has 0 atom stereocenters. The van der Waals surface area contributed by atoms with E-state index in [0.717, 1.165) is 24.8 Å². The fourth-order valence-corrected chi connectivity index (χ4v) is 3.74. The van der Waals surface area contributed by atoms with Crippen LogP contribution in [0.2, 0.25) is 0 Å². The van der Waals surface area contributed by atoms with Gasteiger partial charge in [-0.25, -0.2) is 13.6 Å². The van der Waals surface area contributed by atoms with Crippen molar-refractivity contribution in [2.75, 3.05) is 13.7 Å². The fourth-order valence-electron chi connectivity index (χ4n) is 3.74. The van der Waals surface area contributed by atoms with Crippen molar-refractivity contribution in [3.63, 3.8) is 0 Å². The molecule has 3 rings (SSSR count). The third-order valence-electron chi connectivity index (χ3n) is 4.91. The number of halogens is 2. The summed E-state index contributed by atoms with van der Waals surface area (Å²) in [5.74, 6) is 0.289. The second kappa shape index (κ2) is 7.42. The molecular formula is C19H23F2NO3. The molecule has 0 bridgehead atoms. The van der Waals surface area contributed by atoms with Crippen LogP contribution < -0.4 is 4.74 Å². The van der Waals surface area contributed by atoms with Gasteiger partial charge in [0, 0.05) is 12.6 Å². The number of alkyl halides is 2. The average molecular weight is 351 g/mol. The highest BCUT2D eigenvalue weighted by Crippen LogP contribution is 2.43. The van der Waals surface area contributed by atoms with Crippen molar-refractivity contribution in [2.24, 2.45) is 0 Å². The van der Waals surface area contributed by atoms with E-state index in [-0.39, 0.29) is 0 Å². The molecule has 1 aliphatic carbocycles. The third kappa shape index (κ3) is 3.94. The van der Waals surface area contributed by atoms with Crippen molar-refractivity contribution in [2.45, 2.75) is 50.7 Å². The second-order valence-electron chi connectivity index (χ2n) is 6.63. The van der Waals surface area contributed by atoms with Gasteiger partial charge >= 0.3 is 5.97 Å². The SMILES string of the molecule is COc1ccc(CN(CC(F)F)C2=CC(=O)OC23CCCCC3)cc1.